The normalized spacial score (nSPS) is 14.8. The summed E-state index contributed by atoms with van der Waals surface area (Å²) in [6.07, 6.45) is 6.79. The lowest BCUT2D eigenvalue weighted by Gasteiger charge is -2.14. The van der Waals surface area contributed by atoms with Crippen LogP contribution in [-0.2, 0) is 9.59 Å². The first-order valence-corrected chi connectivity index (χ1v) is 10.6. The highest BCUT2D eigenvalue weighted by molar-refractivity contribution is 7.13. The summed E-state index contributed by atoms with van der Waals surface area (Å²) >= 11 is 1.66. The zero-order valence-corrected chi connectivity index (χ0v) is 16.6. The van der Waals surface area contributed by atoms with Crippen LogP contribution in [0.5, 0.6) is 0 Å². The van der Waals surface area contributed by atoms with Gasteiger partial charge < -0.3 is 15.7 Å². The average molecular weight is 399 g/mol. The highest BCUT2D eigenvalue weighted by Gasteiger charge is 2.16. The number of aliphatic hydroxyl groups excluding tert-OH is 1. The van der Waals surface area contributed by atoms with Gasteiger partial charge in [-0.3, -0.25) is 9.59 Å². The van der Waals surface area contributed by atoms with E-state index in [1.54, 1.807) is 11.3 Å². The highest BCUT2D eigenvalue weighted by Crippen LogP contribution is 2.26. The second-order valence-electron chi connectivity index (χ2n) is 6.94. The average Bonchev–Trinajstić information content (AvgIpc) is 3.27. The molecule has 1 atom stereocenters. The van der Waals surface area contributed by atoms with Crippen molar-refractivity contribution in [1.29, 1.82) is 0 Å². The molecule has 2 amide bonds. The summed E-state index contributed by atoms with van der Waals surface area (Å²) in [5.41, 5.74) is 3.14. The quantitative estimate of drug-likeness (QED) is 0.493. The highest BCUT2D eigenvalue weighted by atomic mass is 32.1. The monoisotopic (exact) mass is 398 g/mol. The first kappa shape index (κ1) is 20.3. The number of benzene rings is 1. The number of carbonyl (C=O) groups excluding carboxylic acids is 2. The van der Waals surface area contributed by atoms with Gasteiger partial charge in [-0.05, 0) is 54.7 Å². The molecule has 0 fully saturated rings. The molecule has 5 nitrogen and oxygen atoms in total. The largest absolute Gasteiger partial charge is 0.387 e. The Kier molecular flexibility index (Phi) is 7.39. The smallest absolute Gasteiger partial charge is 0.309 e. The fourth-order valence-corrected chi connectivity index (χ4v) is 3.98. The van der Waals surface area contributed by atoms with Crippen LogP contribution in [0.15, 0.2) is 53.4 Å². The fourth-order valence-electron chi connectivity index (χ4n) is 3.25. The van der Waals surface area contributed by atoms with E-state index in [2.05, 4.69) is 16.7 Å². The SMILES string of the molecule is O=C(NCCC1=CCCCC1)C(=O)NCC(O)c1ccc(-c2cccs2)cc1. The number of thiophene rings is 1. The van der Waals surface area contributed by atoms with Crippen molar-refractivity contribution in [2.24, 2.45) is 0 Å². The van der Waals surface area contributed by atoms with Crippen molar-refractivity contribution in [3.05, 3.63) is 59.0 Å². The van der Waals surface area contributed by atoms with Crippen molar-refractivity contribution in [2.75, 3.05) is 13.1 Å². The van der Waals surface area contributed by atoms with Crippen LogP contribution in [0, 0.1) is 0 Å². The number of nitrogens with one attached hydrogen (secondary N) is 2. The molecule has 1 aliphatic carbocycles. The number of aliphatic hydroxyl groups is 1. The standard InChI is InChI=1S/C22H26N2O3S/c25-19(17-8-10-18(11-9-17)20-7-4-14-28-20)15-24-22(27)21(26)23-13-12-16-5-2-1-3-6-16/h4-5,7-11,14,19,25H,1-3,6,12-13,15H2,(H,23,26)(H,24,27). The summed E-state index contributed by atoms with van der Waals surface area (Å²) in [4.78, 5) is 25.0. The molecular formula is C22H26N2O3S. The lowest BCUT2D eigenvalue weighted by molar-refractivity contribution is -0.139. The van der Waals surface area contributed by atoms with Crippen LogP contribution in [0.4, 0.5) is 0 Å². The molecule has 1 aromatic carbocycles. The summed E-state index contributed by atoms with van der Waals surface area (Å²) in [5.74, 6) is -1.37. The van der Waals surface area contributed by atoms with Crippen molar-refractivity contribution in [1.82, 2.24) is 10.6 Å². The summed E-state index contributed by atoms with van der Waals surface area (Å²) in [6.45, 7) is 0.459. The van der Waals surface area contributed by atoms with Gasteiger partial charge in [-0.2, -0.15) is 0 Å². The third-order valence-electron chi connectivity index (χ3n) is 4.88. The van der Waals surface area contributed by atoms with E-state index in [0.717, 1.165) is 29.7 Å². The molecule has 0 saturated carbocycles. The van der Waals surface area contributed by atoms with Gasteiger partial charge in [0.05, 0.1) is 6.10 Å². The maximum atomic E-state index is 11.9. The van der Waals surface area contributed by atoms with E-state index in [0.29, 0.717) is 12.1 Å². The number of rotatable bonds is 7. The third kappa shape index (κ3) is 5.78. The summed E-state index contributed by atoms with van der Waals surface area (Å²) in [5, 5.41) is 17.4. The third-order valence-corrected chi connectivity index (χ3v) is 5.80. The number of hydrogen-bond donors (Lipinski definition) is 3. The molecule has 3 rings (SSSR count). The Labute approximate surface area is 169 Å². The predicted molar refractivity (Wildman–Crippen MR) is 112 cm³/mol. The number of hydrogen-bond acceptors (Lipinski definition) is 4. The molecular weight excluding hydrogens is 372 g/mol. The number of amides is 2. The zero-order chi connectivity index (χ0) is 19.8. The van der Waals surface area contributed by atoms with Crippen molar-refractivity contribution in [3.8, 4) is 10.4 Å². The van der Waals surface area contributed by atoms with E-state index in [9.17, 15) is 14.7 Å². The molecule has 28 heavy (non-hydrogen) atoms. The first-order chi connectivity index (χ1) is 13.6. The lowest BCUT2D eigenvalue weighted by Crippen LogP contribution is -2.41. The van der Waals surface area contributed by atoms with Crippen molar-refractivity contribution < 1.29 is 14.7 Å². The van der Waals surface area contributed by atoms with E-state index in [1.165, 1.54) is 18.4 Å². The molecule has 0 bridgehead atoms. The molecule has 2 aromatic rings. The van der Waals surface area contributed by atoms with Crippen LogP contribution in [0.3, 0.4) is 0 Å². The Morgan fingerprint density at radius 2 is 1.86 bits per heavy atom. The molecule has 0 radical (unpaired) electrons. The summed E-state index contributed by atoms with van der Waals surface area (Å²) in [7, 11) is 0. The maximum absolute atomic E-state index is 11.9. The second kappa shape index (κ2) is 10.2. The summed E-state index contributed by atoms with van der Waals surface area (Å²) in [6, 6.07) is 11.6. The van der Waals surface area contributed by atoms with Gasteiger partial charge in [0.2, 0.25) is 0 Å². The van der Waals surface area contributed by atoms with Gasteiger partial charge in [0.25, 0.3) is 0 Å². The van der Waals surface area contributed by atoms with Gasteiger partial charge >= 0.3 is 11.8 Å². The second-order valence-corrected chi connectivity index (χ2v) is 7.89. The van der Waals surface area contributed by atoms with E-state index in [-0.39, 0.29) is 6.54 Å². The lowest BCUT2D eigenvalue weighted by atomic mass is 9.97. The summed E-state index contributed by atoms with van der Waals surface area (Å²) < 4.78 is 0. The Bertz CT molecular complexity index is 813. The Morgan fingerprint density at radius 3 is 2.54 bits per heavy atom. The van der Waals surface area contributed by atoms with Crippen LogP contribution in [0.1, 0.15) is 43.8 Å². The van der Waals surface area contributed by atoms with Gasteiger partial charge in [-0.25, -0.2) is 0 Å². The Hall–Kier alpha value is -2.44. The van der Waals surface area contributed by atoms with E-state index in [1.807, 2.05) is 41.8 Å². The fraction of sp³-hybridized carbons (Fsp3) is 0.364. The Morgan fingerprint density at radius 1 is 1.07 bits per heavy atom. The van der Waals surface area contributed by atoms with Crippen LogP contribution >= 0.6 is 11.3 Å². The molecule has 1 aromatic heterocycles. The van der Waals surface area contributed by atoms with Crippen LogP contribution in [-0.4, -0.2) is 30.0 Å². The number of allylic oxidation sites excluding steroid dienone is 1. The molecule has 0 saturated heterocycles. The van der Waals surface area contributed by atoms with E-state index < -0.39 is 17.9 Å². The molecule has 6 heteroatoms. The van der Waals surface area contributed by atoms with Gasteiger partial charge in [-0.1, -0.05) is 42.0 Å². The minimum Gasteiger partial charge on any atom is -0.387 e. The van der Waals surface area contributed by atoms with Gasteiger partial charge in [0.1, 0.15) is 0 Å². The molecule has 0 spiro atoms. The minimum absolute atomic E-state index is 0.00421. The van der Waals surface area contributed by atoms with Crippen LogP contribution in [0.25, 0.3) is 10.4 Å². The van der Waals surface area contributed by atoms with Crippen LogP contribution < -0.4 is 10.6 Å². The number of carbonyl (C=O) groups is 2. The Balaban J connectivity index is 1.40. The van der Waals surface area contributed by atoms with E-state index >= 15 is 0 Å². The molecule has 148 valence electrons. The van der Waals surface area contributed by atoms with Crippen LogP contribution in [0.2, 0.25) is 0 Å². The molecule has 0 aliphatic heterocycles. The van der Waals surface area contributed by atoms with Crippen molar-refractivity contribution >= 4 is 23.2 Å². The topological polar surface area (TPSA) is 78.4 Å². The molecule has 1 unspecified atom stereocenters. The minimum atomic E-state index is -0.860. The predicted octanol–water partition coefficient (Wildman–Crippen LogP) is 3.57. The molecule has 3 N–H and O–H groups in total. The molecule has 1 heterocycles. The maximum Gasteiger partial charge on any atom is 0.309 e. The van der Waals surface area contributed by atoms with Crippen molar-refractivity contribution in [3.63, 3.8) is 0 Å². The van der Waals surface area contributed by atoms with Crippen molar-refractivity contribution in [2.45, 2.75) is 38.2 Å². The zero-order valence-electron chi connectivity index (χ0n) is 15.8. The molecule has 1 aliphatic rings. The first-order valence-electron chi connectivity index (χ1n) is 9.69. The van der Waals surface area contributed by atoms with Gasteiger partial charge in [-0.15, -0.1) is 11.3 Å². The van der Waals surface area contributed by atoms with Gasteiger partial charge in [0.15, 0.2) is 0 Å². The van der Waals surface area contributed by atoms with Gasteiger partial charge in [0, 0.05) is 18.0 Å². The van der Waals surface area contributed by atoms with E-state index in [4.69, 9.17) is 0 Å².